The van der Waals surface area contributed by atoms with Crippen LogP contribution in [0.1, 0.15) is 10.4 Å². The smallest absolute Gasteiger partial charge is 0.257 e. The Kier molecular flexibility index (Phi) is 5.68. The number of nitrogens with one attached hydrogen (secondary N) is 2. The second kappa shape index (κ2) is 8.53. The summed E-state index contributed by atoms with van der Waals surface area (Å²) in [6, 6.07) is 24.4. The molecule has 0 heterocycles. The second-order valence-corrected chi connectivity index (χ2v) is 5.62. The Morgan fingerprint density at radius 2 is 1.65 bits per heavy atom. The molecule has 3 aromatic carbocycles. The van der Waals surface area contributed by atoms with E-state index in [1.165, 1.54) is 0 Å². The first-order chi connectivity index (χ1) is 12.8. The van der Waals surface area contributed by atoms with Crippen molar-refractivity contribution in [2.45, 2.75) is 0 Å². The van der Waals surface area contributed by atoms with Crippen LogP contribution in [-0.2, 0) is 0 Å². The second-order valence-electron chi connectivity index (χ2n) is 5.62. The Bertz CT molecular complexity index is 891. The quantitative estimate of drug-likeness (QED) is 0.576. The maximum absolute atomic E-state index is 12.7. The molecule has 0 aliphatic carbocycles. The van der Waals surface area contributed by atoms with Gasteiger partial charge in [-0.25, -0.2) is 0 Å². The molecule has 0 atom stereocenters. The summed E-state index contributed by atoms with van der Waals surface area (Å²) in [5, 5.41) is 6.20. The Labute approximate surface area is 153 Å². The maximum atomic E-state index is 12.7. The molecule has 3 aromatic rings. The van der Waals surface area contributed by atoms with E-state index in [4.69, 9.17) is 4.74 Å². The third-order valence-corrected chi connectivity index (χ3v) is 3.68. The summed E-state index contributed by atoms with van der Waals surface area (Å²) in [5.74, 6) is 0.489. The lowest BCUT2D eigenvalue weighted by Gasteiger charge is -2.13. The van der Waals surface area contributed by atoms with Crippen LogP contribution in [-0.4, -0.2) is 12.5 Å². The van der Waals surface area contributed by atoms with E-state index in [0.717, 1.165) is 11.4 Å². The van der Waals surface area contributed by atoms with E-state index in [-0.39, 0.29) is 5.91 Å². The van der Waals surface area contributed by atoms with Gasteiger partial charge in [-0.05, 0) is 36.4 Å². The first-order valence-electron chi connectivity index (χ1n) is 8.32. The van der Waals surface area contributed by atoms with Crippen LogP contribution in [0.3, 0.4) is 0 Å². The minimum atomic E-state index is -0.190. The normalized spacial score (nSPS) is 10.0. The van der Waals surface area contributed by atoms with Gasteiger partial charge in [0.15, 0.2) is 0 Å². The zero-order valence-electron chi connectivity index (χ0n) is 14.3. The van der Waals surface area contributed by atoms with Gasteiger partial charge >= 0.3 is 0 Å². The minimum absolute atomic E-state index is 0.190. The van der Waals surface area contributed by atoms with E-state index in [1.807, 2.05) is 66.7 Å². The van der Waals surface area contributed by atoms with Crippen molar-refractivity contribution in [3.63, 3.8) is 0 Å². The van der Waals surface area contributed by atoms with Crippen LogP contribution in [0.2, 0.25) is 0 Å². The monoisotopic (exact) mass is 344 g/mol. The summed E-state index contributed by atoms with van der Waals surface area (Å²) < 4.78 is 5.50. The number of hydrogen-bond acceptors (Lipinski definition) is 3. The molecule has 0 saturated carbocycles. The highest BCUT2D eigenvalue weighted by atomic mass is 16.5. The van der Waals surface area contributed by atoms with E-state index >= 15 is 0 Å². The van der Waals surface area contributed by atoms with Gasteiger partial charge in [-0.15, -0.1) is 0 Å². The van der Waals surface area contributed by atoms with Gasteiger partial charge in [-0.2, -0.15) is 0 Å². The maximum Gasteiger partial charge on any atom is 0.257 e. The first kappa shape index (κ1) is 17.3. The molecule has 130 valence electrons. The summed E-state index contributed by atoms with van der Waals surface area (Å²) in [6.07, 6.45) is 1.68. The number of carbonyl (C=O) groups is 1. The van der Waals surface area contributed by atoms with Crippen molar-refractivity contribution in [3.8, 4) is 5.75 Å². The number of ether oxygens (including phenoxy) is 1. The molecule has 0 unspecified atom stereocenters. The van der Waals surface area contributed by atoms with Gasteiger partial charge in [0.2, 0.25) is 0 Å². The zero-order chi connectivity index (χ0) is 18.2. The largest absolute Gasteiger partial charge is 0.489 e. The molecule has 1 amide bonds. The van der Waals surface area contributed by atoms with Gasteiger partial charge in [0.25, 0.3) is 5.91 Å². The number of amides is 1. The van der Waals surface area contributed by atoms with Crippen molar-refractivity contribution in [2.75, 3.05) is 17.2 Å². The average Bonchev–Trinajstić information content (AvgIpc) is 2.68. The van der Waals surface area contributed by atoms with Crippen LogP contribution >= 0.6 is 0 Å². The lowest BCUT2D eigenvalue weighted by molar-refractivity contribution is 0.102. The lowest BCUT2D eigenvalue weighted by atomic mass is 10.1. The van der Waals surface area contributed by atoms with E-state index in [1.54, 1.807) is 18.2 Å². The molecule has 0 radical (unpaired) electrons. The predicted octanol–water partition coefficient (Wildman–Crippen LogP) is 5.25. The van der Waals surface area contributed by atoms with Gasteiger partial charge in [-0.3, -0.25) is 4.79 Å². The number of anilines is 3. The van der Waals surface area contributed by atoms with Crippen LogP contribution in [0.25, 0.3) is 0 Å². The van der Waals surface area contributed by atoms with Crippen LogP contribution in [0.5, 0.6) is 5.75 Å². The summed E-state index contributed by atoms with van der Waals surface area (Å²) in [6.45, 7) is 4.05. The van der Waals surface area contributed by atoms with E-state index in [9.17, 15) is 4.79 Å². The standard InChI is InChI=1S/C22H20N2O2/c1-2-15-26-19-12-8-11-18(16-19)24-22(25)20-13-6-7-14-21(20)23-17-9-4-3-5-10-17/h2-14,16,23H,1,15H2,(H,24,25). The Morgan fingerprint density at radius 3 is 2.46 bits per heavy atom. The number of hydrogen-bond donors (Lipinski definition) is 2. The minimum Gasteiger partial charge on any atom is -0.489 e. The number of rotatable bonds is 7. The van der Waals surface area contributed by atoms with Crippen LogP contribution in [0, 0.1) is 0 Å². The fraction of sp³-hybridized carbons (Fsp3) is 0.0455. The molecule has 0 spiro atoms. The van der Waals surface area contributed by atoms with Gasteiger partial charge in [0.05, 0.1) is 11.3 Å². The fourth-order valence-electron chi connectivity index (χ4n) is 2.48. The Morgan fingerprint density at radius 1 is 0.923 bits per heavy atom. The molecule has 0 aromatic heterocycles. The van der Waals surface area contributed by atoms with Gasteiger partial charge in [-0.1, -0.05) is 49.1 Å². The van der Waals surface area contributed by atoms with E-state index in [0.29, 0.717) is 23.6 Å². The van der Waals surface area contributed by atoms with Gasteiger partial charge in [0.1, 0.15) is 12.4 Å². The number of benzene rings is 3. The molecule has 26 heavy (non-hydrogen) atoms. The van der Waals surface area contributed by atoms with E-state index < -0.39 is 0 Å². The molecule has 4 heteroatoms. The highest BCUT2D eigenvalue weighted by Crippen LogP contribution is 2.23. The predicted molar refractivity (Wildman–Crippen MR) is 106 cm³/mol. The van der Waals surface area contributed by atoms with Crippen LogP contribution in [0.4, 0.5) is 17.1 Å². The van der Waals surface area contributed by atoms with Crippen LogP contribution in [0.15, 0.2) is 91.5 Å². The third kappa shape index (κ3) is 4.51. The Hall–Kier alpha value is -3.53. The fourth-order valence-corrected chi connectivity index (χ4v) is 2.48. The zero-order valence-corrected chi connectivity index (χ0v) is 14.3. The van der Waals surface area contributed by atoms with Crippen molar-refractivity contribution in [1.29, 1.82) is 0 Å². The van der Waals surface area contributed by atoms with E-state index in [2.05, 4.69) is 17.2 Å². The summed E-state index contributed by atoms with van der Waals surface area (Å²) in [5.41, 5.74) is 2.91. The molecule has 4 nitrogen and oxygen atoms in total. The van der Waals surface area contributed by atoms with Crippen LogP contribution < -0.4 is 15.4 Å². The lowest BCUT2D eigenvalue weighted by Crippen LogP contribution is -2.14. The number of carbonyl (C=O) groups excluding carboxylic acids is 1. The molecule has 0 aliphatic heterocycles. The molecular weight excluding hydrogens is 324 g/mol. The topological polar surface area (TPSA) is 50.4 Å². The van der Waals surface area contributed by atoms with Crippen molar-refractivity contribution < 1.29 is 9.53 Å². The third-order valence-electron chi connectivity index (χ3n) is 3.68. The SMILES string of the molecule is C=CCOc1cccc(NC(=O)c2ccccc2Nc2ccccc2)c1. The molecule has 0 bridgehead atoms. The summed E-state index contributed by atoms with van der Waals surface area (Å²) >= 11 is 0. The Balaban J connectivity index is 1.77. The molecule has 3 rings (SSSR count). The van der Waals surface area contributed by atoms with Crippen molar-refractivity contribution >= 4 is 23.0 Å². The highest BCUT2D eigenvalue weighted by molar-refractivity contribution is 6.08. The molecule has 0 fully saturated rings. The summed E-state index contributed by atoms with van der Waals surface area (Å²) in [7, 11) is 0. The molecule has 2 N–H and O–H groups in total. The molecular formula is C22H20N2O2. The number of para-hydroxylation sites is 2. The van der Waals surface area contributed by atoms with Crippen molar-refractivity contribution in [3.05, 3.63) is 97.1 Å². The molecule has 0 saturated heterocycles. The van der Waals surface area contributed by atoms with Gasteiger partial charge in [0, 0.05) is 17.4 Å². The van der Waals surface area contributed by atoms with Gasteiger partial charge < -0.3 is 15.4 Å². The summed E-state index contributed by atoms with van der Waals surface area (Å²) in [4.78, 5) is 12.7. The molecule has 0 aliphatic rings. The first-order valence-corrected chi connectivity index (χ1v) is 8.32. The highest BCUT2D eigenvalue weighted by Gasteiger charge is 2.11. The van der Waals surface area contributed by atoms with Crippen molar-refractivity contribution in [2.24, 2.45) is 0 Å². The average molecular weight is 344 g/mol. The van der Waals surface area contributed by atoms with Crippen molar-refractivity contribution in [1.82, 2.24) is 0 Å².